The maximum atomic E-state index is 12.0. The number of carbonyl (C=O) groups is 1. The Kier molecular flexibility index (Phi) is 4.79. The third kappa shape index (κ3) is 3.62. The van der Waals surface area contributed by atoms with Gasteiger partial charge in [-0.25, -0.2) is 0 Å². The van der Waals surface area contributed by atoms with E-state index in [1.54, 1.807) is 18.2 Å². The lowest BCUT2D eigenvalue weighted by Gasteiger charge is -2.27. The zero-order valence-corrected chi connectivity index (χ0v) is 14.3. The summed E-state index contributed by atoms with van der Waals surface area (Å²) in [6.07, 6.45) is 2.65. The highest BCUT2D eigenvalue weighted by Crippen LogP contribution is 2.33. The van der Waals surface area contributed by atoms with Gasteiger partial charge < -0.3 is 9.64 Å². The van der Waals surface area contributed by atoms with Gasteiger partial charge >= 0.3 is 0 Å². The van der Waals surface area contributed by atoms with E-state index < -0.39 is 0 Å². The number of hydrogen-bond acceptors (Lipinski definition) is 2. The Morgan fingerprint density at radius 2 is 1.87 bits per heavy atom. The van der Waals surface area contributed by atoms with Crippen LogP contribution in [0.2, 0.25) is 10.0 Å². The van der Waals surface area contributed by atoms with Gasteiger partial charge in [-0.2, -0.15) is 0 Å². The molecule has 0 saturated carbocycles. The summed E-state index contributed by atoms with van der Waals surface area (Å²) in [6, 6.07) is 10.9. The van der Waals surface area contributed by atoms with Crippen molar-refractivity contribution in [3.63, 3.8) is 0 Å². The van der Waals surface area contributed by atoms with Crippen molar-refractivity contribution in [3.05, 3.63) is 52.0 Å². The molecule has 1 aliphatic heterocycles. The van der Waals surface area contributed by atoms with Crippen LogP contribution in [0.15, 0.2) is 36.4 Å². The molecule has 2 aromatic carbocycles. The molecule has 3 nitrogen and oxygen atoms in total. The topological polar surface area (TPSA) is 29.5 Å². The zero-order valence-electron chi connectivity index (χ0n) is 12.8. The number of ether oxygens (including phenoxy) is 1. The number of nitrogens with zero attached hydrogens (tertiary/aromatic N) is 1. The summed E-state index contributed by atoms with van der Waals surface area (Å²) >= 11 is 11.9. The molecule has 1 amide bonds. The van der Waals surface area contributed by atoms with E-state index in [-0.39, 0.29) is 5.91 Å². The second-order valence-electron chi connectivity index (χ2n) is 5.63. The van der Waals surface area contributed by atoms with Gasteiger partial charge in [-0.05, 0) is 55.7 Å². The fourth-order valence-corrected chi connectivity index (χ4v) is 2.95. The summed E-state index contributed by atoms with van der Waals surface area (Å²) in [4.78, 5) is 13.9. The van der Waals surface area contributed by atoms with Crippen LogP contribution in [0.4, 0.5) is 5.69 Å². The molecular weight excluding hydrogens is 333 g/mol. The normalized spacial score (nSPS) is 14.9. The van der Waals surface area contributed by atoms with Gasteiger partial charge in [-0.15, -0.1) is 0 Å². The summed E-state index contributed by atoms with van der Waals surface area (Å²) in [5.74, 6) is 1.55. The molecule has 0 bridgehead atoms. The van der Waals surface area contributed by atoms with Gasteiger partial charge in [0.2, 0.25) is 5.91 Å². The highest BCUT2D eigenvalue weighted by Gasteiger charge is 2.20. The Bertz CT molecular complexity index is 746. The fourth-order valence-electron chi connectivity index (χ4n) is 2.66. The number of aryl methyl sites for hydroxylation is 1. The van der Waals surface area contributed by atoms with Gasteiger partial charge in [0.1, 0.15) is 11.5 Å². The number of rotatable bonds is 3. The molecule has 5 heteroatoms. The largest absolute Gasteiger partial charge is 0.457 e. The van der Waals surface area contributed by atoms with Gasteiger partial charge in [-0.3, -0.25) is 4.79 Å². The van der Waals surface area contributed by atoms with E-state index in [0.717, 1.165) is 36.4 Å². The minimum atomic E-state index is 0.189. The Morgan fingerprint density at radius 1 is 1.04 bits per heavy atom. The summed E-state index contributed by atoms with van der Waals surface area (Å²) < 4.78 is 5.87. The zero-order chi connectivity index (χ0) is 16.4. The second kappa shape index (κ2) is 6.81. The first-order valence-electron chi connectivity index (χ1n) is 7.58. The van der Waals surface area contributed by atoms with Gasteiger partial charge in [0.15, 0.2) is 0 Å². The van der Waals surface area contributed by atoms with Gasteiger partial charge in [0.05, 0.1) is 10.0 Å². The Labute approximate surface area is 145 Å². The van der Waals surface area contributed by atoms with Crippen molar-refractivity contribution in [3.8, 4) is 11.5 Å². The first-order valence-corrected chi connectivity index (χ1v) is 8.34. The molecule has 0 aromatic heterocycles. The molecule has 1 heterocycles. The van der Waals surface area contributed by atoms with E-state index in [4.69, 9.17) is 27.9 Å². The number of carbonyl (C=O) groups excluding carboxylic acids is 1. The number of benzene rings is 2. The van der Waals surface area contributed by atoms with Crippen LogP contribution < -0.4 is 9.64 Å². The fraction of sp³-hybridized carbons (Fsp3) is 0.278. The van der Waals surface area contributed by atoms with Crippen molar-refractivity contribution in [2.45, 2.75) is 26.2 Å². The van der Waals surface area contributed by atoms with Crippen LogP contribution >= 0.6 is 23.2 Å². The van der Waals surface area contributed by atoms with Crippen LogP contribution in [-0.4, -0.2) is 12.5 Å². The van der Waals surface area contributed by atoms with Crippen molar-refractivity contribution >= 4 is 34.8 Å². The third-order valence-electron chi connectivity index (χ3n) is 3.91. The van der Waals surface area contributed by atoms with E-state index in [9.17, 15) is 4.79 Å². The van der Waals surface area contributed by atoms with Crippen molar-refractivity contribution in [1.29, 1.82) is 0 Å². The molecule has 0 radical (unpaired) electrons. The summed E-state index contributed by atoms with van der Waals surface area (Å²) in [5.41, 5.74) is 1.89. The average molecular weight is 350 g/mol. The SMILES string of the molecule is Cc1cc(N2CCCCC2=O)ccc1Oc1ccc(Cl)c(Cl)c1. The van der Waals surface area contributed by atoms with Gasteiger partial charge in [0.25, 0.3) is 0 Å². The van der Waals surface area contributed by atoms with Crippen molar-refractivity contribution in [1.82, 2.24) is 0 Å². The molecule has 0 N–H and O–H groups in total. The molecule has 23 heavy (non-hydrogen) atoms. The van der Waals surface area contributed by atoms with Crippen molar-refractivity contribution in [2.24, 2.45) is 0 Å². The quantitative estimate of drug-likeness (QED) is 0.720. The lowest BCUT2D eigenvalue weighted by Crippen LogP contribution is -2.35. The molecule has 1 fully saturated rings. The minimum Gasteiger partial charge on any atom is -0.457 e. The number of halogens is 2. The Hall–Kier alpha value is -1.71. The molecule has 0 atom stereocenters. The third-order valence-corrected chi connectivity index (χ3v) is 4.65. The lowest BCUT2D eigenvalue weighted by atomic mass is 10.1. The van der Waals surface area contributed by atoms with Crippen LogP contribution in [0.5, 0.6) is 11.5 Å². The molecule has 120 valence electrons. The standard InChI is InChI=1S/C18H17Cl2NO2/c1-12-10-13(21-9-3-2-4-18(21)22)5-8-17(12)23-14-6-7-15(19)16(20)11-14/h5-8,10-11H,2-4,9H2,1H3. The van der Waals surface area contributed by atoms with E-state index in [0.29, 0.717) is 22.2 Å². The lowest BCUT2D eigenvalue weighted by molar-refractivity contribution is -0.119. The van der Waals surface area contributed by atoms with E-state index >= 15 is 0 Å². The summed E-state index contributed by atoms with van der Waals surface area (Å²) in [5, 5.41) is 0.951. The van der Waals surface area contributed by atoms with Crippen LogP contribution in [0.25, 0.3) is 0 Å². The molecule has 3 rings (SSSR count). The van der Waals surface area contributed by atoms with Crippen LogP contribution in [0, 0.1) is 6.92 Å². The highest BCUT2D eigenvalue weighted by molar-refractivity contribution is 6.42. The van der Waals surface area contributed by atoms with Crippen LogP contribution in [0.3, 0.4) is 0 Å². The molecule has 0 aliphatic carbocycles. The average Bonchev–Trinajstić information content (AvgIpc) is 2.53. The summed E-state index contributed by atoms with van der Waals surface area (Å²) in [6.45, 7) is 2.75. The highest BCUT2D eigenvalue weighted by atomic mass is 35.5. The smallest absolute Gasteiger partial charge is 0.226 e. The van der Waals surface area contributed by atoms with Crippen molar-refractivity contribution < 1.29 is 9.53 Å². The molecule has 1 aliphatic rings. The number of anilines is 1. The molecule has 2 aromatic rings. The number of amides is 1. The van der Waals surface area contributed by atoms with Gasteiger partial charge in [0, 0.05) is 24.7 Å². The predicted octanol–water partition coefficient (Wildman–Crippen LogP) is 5.61. The maximum Gasteiger partial charge on any atom is 0.226 e. The minimum absolute atomic E-state index is 0.189. The molecule has 0 unspecified atom stereocenters. The second-order valence-corrected chi connectivity index (χ2v) is 6.44. The van der Waals surface area contributed by atoms with E-state index in [2.05, 4.69) is 0 Å². The monoisotopic (exact) mass is 349 g/mol. The molecule has 0 spiro atoms. The van der Waals surface area contributed by atoms with E-state index in [1.807, 2.05) is 30.0 Å². The molecular formula is C18H17Cl2NO2. The number of hydrogen-bond donors (Lipinski definition) is 0. The molecule has 1 saturated heterocycles. The maximum absolute atomic E-state index is 12.0. The van der Waals surface area contributed by atoms with Crippen LogP contribution in [0.1, 0.15) is 24.8 Å². The Balaban J connectivity index is 1.81. The summed E-state index contributed by atoms with van der Waals surface area (Å²) in [7, 11) is 0. The first kappa shape index (κ1) is 16.2. The van der Waals surface area contributed by atoms with Gasteiger partial charge in [-0.1, -0.05) is 23.2 Å². The van der Waals surface area contributed by atoms with Crippen LogP contribution in [-0.2, 0) is 4.79 Å². The first-order chi connectivity index (χ1) is 11.0. The predicted molar refractivity (Wildman–Crippen MR) is 93.9 cm³/mol. The van der Waals surface area contributed by atoms with Crippen molar-refractivity contribution in [2.75, 3.05) is 11.4 Å². The Morgan fingerprint density at radius 3 is 2.57 bits per heavy atom. The number of piperidine rings is 1. The van der Waals surface area contributed by atoms with E-state index in [1.165, 1.54) is 0 Å².